The molecule has 0 fully saturated rings. The number of hydrogen-bond donors (Lipinski definition) is 3. The van der Waals surface area contributed by atoms with E-state index in [1.165, 1.54) is 18.5 Å². The van der Waals surface area contributed by atoms with Crippen molar-refractivity contribution >= 4 is 28.4 Å². The van der Waals surface area contributed by atoms with E-state index in [0.717, 1.165) is 16.5 Å². The molecular weight excluding hydrogens is 421 g/mol. The summed E-state index contributed by atoms with van der Waals surface area (Å²) in [5, 5.41) is 6.68. The Labute approximate surface area is 189 Å². The van der Waals surface area contributed by atoms with E-state index in [2.05, 4.69) is 15.6 Å². The molecule has 2 heterocycles. The summed E-state index contributed by atoms with van der Waals surface area (Å²) in [6, 6.07) is 13.0. The number of fused-ring (bicyclic) bond motifs is 2. The minimum absolute atomic E-state index is 0.0359. The van der Waals surface area contributed by atoms with Gasteiger partial charge in [-0.3, -0.25) is 14.6 Å². The number of amides is 2. The number of aryl methyl sites for hydroxylation is 1. The largest absolute Gasteiger partial charge is 0.398 e. The summed E-state index contributed by atoms with van der Waals surface area (Å²) in [5.74, 6) is -1.52. The first-order valence-corrected chi connectivity index (χ1v) is 10.6. The van der Waals surface area contributed by atoms with E-state index < -0.39 is 29.7 Å². The first-order chi connectivity index (χ1) is 15.9. The van der Waals surface area contributed by atoms with Gasteiger partial charge in [-0.05, 0) is 41.8 Å². The molecular formula is C25H22FN5O2. The predicted octanol–water partition coefficient (Wildman–Crippen LogP) is 3.12. The molecule has 2 aromatic carbocycles. The number of anilines is 1. The number of hydrogen-bond acceptors (Lipinski definition) is 4. The normalized spacial score (nSPS) is 17.0. The van der Waals surface area contributed by atoms with E-state index in [1.54, 1.807) is 16.7 Å². The van der Waals surface area contributed by atoms with Crippen molar-refractivity contribution in [2.75, 3.05) is 5.73 Å². The Kier molecular flexibility index (Phi) is 5.05. The molecule has 33 heavy (non-hydrogen) atoms. The molecule has 2 atom stereocenters. The molecule has 4 aromatic rings. The van der Waals surface area contributed by atoms with Crippen LogP contribution in [-0.4, -0.2) is 27.4 Å². The van der Waals surface area contributed by atoms with Gasteiger partial charge in [0.25, 0.3) is 11.8 Å². The summed E-state index contributed by atoms with van der Waals surface area (Å²) >= 11 is 0. The molecule has 0 unspecified atom stereocenters. The molecule has 0 aliphatic heterocycles. The number of nitrogens with zero attached hydrogens (tertiary/aromatic N) is 2. The van der Waals surface area contributed by atoms with Crippen LogP contribution in [0.5, 0.6) is 0 Å². The van der Waals surface area contributed by atoms with Gasteiger partial charge in [0, 0.05) is 36.7 Å². The van der Waals surface area contributed by atoms with Crippen molar-refractivity contribution in [1.82, 2.24) is 20.2 Å². The SMILES string of the molecule is Cn1ccc2cc(C(=O)N[C@H]3Cc4ccccc4[C@@H]3NC(=O)c3cnccc3N)c(F)cc21. The molecule has 0 bridgehead atoms. The molecule has 2 amide bonds. The van der Waals surface area contributed by atoms with Crippen LogP contribution in [0.25, 0.3) is 10.9 Å². The molecule has 166 valence electrons. The van der Waals surface area contributed by atoms with Crippen molar-refractivity contribution in [1.29, 1.82) is 0 Å². The second-order valence-electron chi connectivity index (χ2n) is 8.21. The van der Waals surface area contributed by atoms with Crippen molar-refractivity contribution < 1.29 is 14.0 Å². The zero-order valence-electron chi connectivity index (χ0n) is 17.9. The lowest BCUT2D eigenvalue weighted by atomic mass is 10.0. The van der Waals surface area contributed by atoms with Gasteiger partial charge in [-0.15, -0.1) is 0 Å². The molecule has 1 aliphatic rings. The molecule has 5 rings (SSSR count). The lowest BCUT2D eigenvalue weighted by Gasteiger charge is -2.23. The topological polar surface area (TPSA) is 102 Å². The van der Waals surface area contributed by atoms with Crippen molar-refractivity contribution in [2.24, 2.45) is 7.05 Å². The maximum Gasteiger partial charge on any atom is 0.255 e. The second-order valence-corrected chi connectivity index (χ2v) is 8.21. The second kappa shape index (κ2) is 8.05. The van der Waals surface area contributed by atoms with Gasteiger partial charge in [0.05, 0.1) is 28.7 Å². The molecule has 0 saturated heterocycles. The zero-order valence-corrected chi connectivity index (χ0v) is 17.9. The smallest absolute Gasteiger partial charge is 0.255 e. The minimum Gasteiger partial charge on any atom is -0.398 e. The number of pyridine rings is 1. The van der Waals surface area contributed by atoms with Crippen molar-refractivity contribution in [3.05, 3.63) is 95.2 Å². The number of carbonyl (C=O) groups is 2. The number of benzene rings is 2. The summed E-state index contributed by atoms with van der Waals surface area (Å²) in [4.78, 5) is 30.0. The van der Waals surface area contributed by atoms with Crippen LogP contribution in [0.15, 0.2) is 67.1 Å². The third kappa shape index (κ3) is 3.69. The molecule has 0 radical (unpaired) electrons. The van der Waals surface area contributed by atoms with Crippen LogP contribution in [0, 0.1) is 5.82 Å². The van der Waals surface area contributed by atoms with Crippen molar-refractivity contribution in [2.45, 2.75) is 18.5 Å². The number of rotatable bonds is 4. The number of nitrogens with one attached hydrogen (secondary N) is 2. The van der Waals surface area contributed by atoms with E-state index in [-0.39, 0.29) is 11.1 Å². The van der Waals surface area contributed by atoms with Gasteiger partial charge >= 0.3 is 0 Å². The quantitative estimate of drug-likeness (QED) is 0.451. The summed E-state index contributed by atoms with van der Waals surface area (Å²) in [6.07, 6.45) is 5.24. The van der Waals surface area contributed by atoms with Crippen LogP contribution in [0.3, 0.4) is 0 Å². The van der Waals surface area contributed by atoms with Gasteiger partial charge in [0.2, 0.25) is 0 Å². The average molecular weight is 443 g/mol. The van der Waals surface area contributed by atoms with Crippen molar-refractivity contribution in [3.63, 3.8) is 0 Å². The third-order valence-electron chi connectivity index (χ3n) is 6.15. The maximum absolute atomic E-state index is 14.8. The number of halogens is 1. The highest BCUT2D eigenvalue weighted by molar-refractivity contribution is 6.00. The monoisotopic (exact) mass is 443 g/mol. The van der Waals surface area contributed by atoms with Crippen LogP contribution in [0.2, 0.25) is 0 Å². The number of carbonyl (C=O) groups excluding carboxylic acids is 2. The first kappa shape index (κ1) is 20.7. The van der Waals surface area contributed by atoms with Gasteiger partial charge in [-0.1, -0.05) is 24.3 Å². The number of nitrogens with two attached hydrogens (primary N) is 1. The van der Waals surface area contributed by atoms with Crippen LogP contribution in [0.4, 0.5) is 10.1 Å². The highest BCUT2D eigenvalue weighted by Crippen LogP contribution is 2.32. The van der Waals surface area contributed by atoms with E-state index in [4.69, 9.17) is 5.73 Å². The summed E-state index contributed by atoms with van der Waals surface area (Å²) < 4.78 is 16.6. The fourth-order valence-corrected chi connectivity index (χ4v) is 4.43. The van der Waals surface area contributed by atoms with E-state index >= 15 is 0 Å². The van der Waals surface area contributed by atoms with Crippen LogP contribution in [-0.2, 0) is 13.5 Å². The fourth-order valence-electron chi connectivity index (χ4n) is 4.43. The lowest BCUT2D eigenvalue weighted by molar-refractivity contribution is 0.0886. The standard InChI is InChI=1S/C25H22FN5O2/c1-31-9-7-15-10-17(19(26)12-22(15)31)24(32)29-21-11-14-4-2-3-5-16(14)23(21)30-25(33)18-13-28-8-6-20(18)27/h2-10,12-13,21,23H,11H2,1H3,(H2,27,28)(H,29,32)(H,30,33)/t21-,23-/m0/s1. The van der Waals surface area contributed by atoms with Crippen LogP contribution >= 0.6 is 0 Å². The fraction of sp³-hybridized carbons (Fsp3) is 0.160. The van der Waals surface area contributed by atoms with Crippen LogP contribution < -0.4 is 16.4 Å². The Balaban J connectivity index is 1.43. The van der Waals surface area contributed by atoms with E-state index in [1.807, 2.05) is 43.6 Å². The zero-order chi connectivity index (χ0) is 23.1. The van der Waals surface area contributed by atoms with Gasteiger partial charge < -0.3 is 20.9 Å². The summed E-state index contributed by atoms with van der Waals surface area (Å²) in [5.41, 5.74) is 9.08. The lowest BCUT2D eigenvalue weighted by Crippen LogP contribution is -2.44. The first-order valence-electron chi connectivity index (χ1n) is 10.6. The third-order valence-corrected chi connectivity index (χ3v) is 6.15. The summed E-state index contributed by atoms with van der Waals surface area (Å²) in [6.45, 7) is 0. The van der Waals surface area contributed by atoms with Crippen molar-refractivity contribution in [3.8, 4) is 0 Å². The van der Waals surface area contributed by atoms with Gasteiger partial charge in [-0.25, -0.2) is 4.39 Å². The Morgan fingerprint density at radius 2 is 1.88 bits per heavy atom. The van der Waals surface area contributed by atoms with Gasteiger partial charge in [0.15, 0.2) is 0 Å². The number of nitrogen functional groups attached to an aromatic ring is 1. The van der Waals surface area contributed by atoms with E-state index in [0.29, 0.717) is 17.6 Å². The minimum atomic E-state index is -0.596. The Morgan fingerprint density at radius 3 is 2.70 bits per heavy atom. The Hall–Kier alpha value is -4.20. The summed E-state index contributed by atoms with van der Waals surface area (Å²) in [7, 11) is 1.82. The van der Waals surface area contributed by atoms with Gasteiger partial charge in [0.1, 0.15) is 5.82 Å². The maximum atomic E-state index is 14.8. The molecule has 4 N–H and O–H groups in total. The van der Waals surface area contributed by atoms with Crippen LogP contribution in [0.1, 0.15) is 37.9 Å². The van der Waals surface area contributed by atoms with Gasteiger partial charge in [-0.2, -0.15) is 0 Å². The van der Waals surface area contributed by atoms with E-state index in [9.17, 15) is 14.0 Å². The molecule has 0 spiro atoms. The number of aromatic nitrogens is 2. The molecule has 2 aromatic heterocycles. The Bertz CT molecular complexity index is 1400. The highest BCUT2D eigenvalue weighted by Gasteiger charge is 2.35. The predicted molar refractivity (Wildman–Crippen MR) is 123 cm³/mol. The Morgan fingerprint density at radius 1 is 1.09 bits per heavy atom. The molecule has 1 aliphatic carbocycles. The highest BCUT2D eigenvalue weighted by atomic mass is 19.1. The molecule has 7 nitrogen and oxygen atoms in total. The molecule has 0 saturated carbocycles. The average Bonchev–Trinajstić information content (AvgIpc) is 3.33. The molecule has 8 heteroatoms.